The molecular weight excluding hydrogens is 264 g/mol. The van der Waals surface area contributed by atoms with Gasteiger partial charge in [0.25, 0.3) is 0 Å². The summed E-state index contributed by atoms with van der Waals surface area (Å²) in [6.07, 6.45) is 2.38. The second kappa shape index (κ2) is 6.18. The van der Waals surface area contributed by atoms with Gasteiger partial charge in [-0.05, 0) is 31.9 Å². The third-order valence-corrected chi connectivity index (χ3v) is 4.67. The number of hydrogen-bond donors (Lipinski definition) is 1. The Kier molecular flexibility index (Phi) is 4.29. The van der Waals surface area contributed by atoms with Crippen molar-refractivity contribution in [1.29, 1.82) is 0 Å². The number of benzene rings is 1. The lowest BCUT2D eigenvalue weighted by atomic mass is 9.97. The fourth-order valence-electron chi connectivity index (χ4n) is 3.36. The van der Waals surface area contributed by atoms with E-state index >= 15 is 0 Å². The predicted molar refractivity (Wildman–Crippen MR) is 84.2 cm³/mol. The van der Waals surface area contributed by atoms with Crippen molar-refractivity contribution in [2.24, 2.45) is 5.73 Å². The number of likely N-dealkylation sites (tertiary alicyclic amines) is 1. The number of fused-ring (bicyclic) bond motifs is 1. The van der Waals surface area contributed by atoms with Crippen molar-refractivity contribution in [3.05, 3.63) is 36.1 Å². The van der Waals surface area contributed by atoms with Crippen LogP contribution in [0.4, 0.5) is 0 Å². The molecule has 3 unspecified atom stereocenters. The van der Waals surface area contributed by atoms with Crippen molar-refractivity contribution >= 4 is 11.0 Å². The molecule has 0 amide bonds. The molecule has 2 heterocycles. The minimum Gasteiger partial charge on any atom is -0.459 e. The summed E-state index contributed by atoms with van der Waals surface area (Å²) in [5, 5.41) is 1.16. The van der Waals surface area contributed by atoms with Crippen LogP contribution in [0.5, 0.6) is 0 Å². The Morgan fingerprint density at radius 3 is 2.95 bits per heavy atom. The molecule has 0 radical (unpaired) electrons. The summed E-state index contributed by atoms with van der Waals surface area (Å²) in [6.45, 7) is 3.86. The van der Waals surface area contributed by atoms with Gasteiger partial charge < -0.3 is 14.9 Å². The quantitative estimate of drug-likeness (QED) is 0.940. The van der Waals surface area contributed by atoms with Crippen LogP contribution >= 0.6 is 0 Å². The van der Waals surface area contributed by atoms with E-state index in [1.54, 1.807) is 7.11 Å². The molecule has 4 heteroatoms. The van der Waals surface area contributed by atoms with E-state index in [1.165, 1.54) is 0 Å². The smallest absolute Gasteiger partial charge is 0.134 e. The number of piperidine rings is 1. The number of para-hydroxylation sites is 1. The fraction of sp³-hybridized carbons (Fsp3) is 0.529. The number of furan rings is 1. The molecular formula is C17H24N2O2. The van der Waals surface area contributed by atoms with Crippen molar-refractivity contribution in [3.63, 3.8) is 0 Å². The highest BCUT2D eigenvalue weighted by atomic mass is 16.5. The summed E-state index contributed by atoms with van der Waals surface area (Å²) in [5.74, 6) is 1.02. The highest BCUT2D eigenvalue weighted by Crippen LogP contribution is 2.32. The molecule has 1 saturated heterocycles. The number of rotatable bonds is 4. The van der Waals surface area contributed by atoms with E-state index in [9.17, 15) is 0 Å². The van der Waals surface area contributed by atoms with Crippen molar-refractivity contribution in [2.45, 2.75) is 38.0 Å². The van der Waals surface area contributed by atoms with Gasteiger partial charge in [-0.25, -0.2) is 0 Å². The summed E-state index contributed by atoms with van der Waals surface area (Å²) in [5.41, 5.74) is 6.93. The maximum atomic E-state index is 6.02. The SMILES string of the molecule is COC1CCN(C(C)c2cc3ccccc3o2)C(CN)C1. The lowest BCUT2D eigenvalue weighted by molar-refractivity contribution is -0.00482. The zero-order valence-electron chi connectivity index (χ0n) is 12.8. The first-order chi connectivity index (χ1) is 10.2. The van der Waals surface area contributed by atoms with Crippen LogP contribution in [0, 0.1) is 0 Å². The van der Waals surface area contributed by atoms with Crippen LogP contribution in [0.2, 0.25) is 0 Å². The molecule has 114 valence electrons. The summed E-state index contributed by atoms with van der Waals surface area (Å²) in [7, 11) is 1.79. The van der Waals surface area contributed by atoms with Gasteiger partial charge in [-0.15, -0.1) is 0 Å². The monoisotopic (exact) mass is 288 g/mol. The van der Waals surface area contributed by atoms with E-state index in [-0.39, 0.29) is 6.04 Å². The summed E-state index contributed by atoms with van der Waals surface area (Å²) >= 11 is 0. The van der Waals surface area contributed by atoms with Gasteiger partial charge >= 0.3 is 0 Å². The molecule has 0 saturated carbocycles. The van der Waals surface area contributed by atoms with Crippen LogP contribution in [-0.2, 0) is 4.74 Å². The van der Waals surface area contributed by atoms with Crippen molar-refractivity contribution in [1.82, 2.24) is 4.90 Å². The Morgan fingerprint density at radius 2 is 2.24 bits per heavy atom. The number of hydrogen-bond acceptors (Lipinski definition) is 4. The zero-order chi connectivity index (χ0) is 14.8. The van der Waals surface area contributed by atoms with Gasteiger partial charge in [0.1, 0.15) is 11.3 Å². The number of ether oxygens (including phenoxy) is 1. The van der Waals surface area contributed by atoms with Crippen LogP contribution in [0.1, 0.15) is 31.6 Å². The average Bonchev–Trinajstić information content (AvgIpc) is 2.97. The minimum atomic E-state index is 0.240. The summed E-state index contributed by atoms with van der Waals surface area (Å²) < 4.78 is 11.5. The Balaban J connectivity index is 1.81. The predicted octanol–water partition coefficient (Wildman–Crippen LogP) is 2.93. The number of methoxy groups -OCH3 is 1. The summed E-state index contributed by atoms with van der Waals surface area (Å²) in [6, 6.07) is 10.9. The van der Waals surface area contributed by atoms with E-state index in [0.29, 0.717) is 18.7 Å². The first-order valence-corrected chi connectivity index (χ1v) is 7.70. The van der Waals surface area contributed by atoms with Crippen molar-refractivity contribution in [3.8, 4) is 0 Å². The van der Waals surface area contributed by atoms with E-state index < -0.39 is 0 Å². The molecule has 4 nitrogen and oxygen atoms in total. The topological polar surface area (TPSA) is 51.6 Å². The molecule has 0 aliphatic carbocycles. The normalized spacial score (nSPS) is 25.3. The van der Waals surface area contributed by atoms with Gasteiger partial charge in [-0.3, -0.25) is 4.90 Å². The van der Waals surface area contributed by atoms with Crippen molar-refractivity contribution in [2.75, 3.05) is 20.2 Å². The fourth-order valence-corrected chi connectivity index (χ4v) is 3.36. The molecule has 1 fully saturated rings. The van der Waals surface area contributed by atoms with Gasteiger partial charge in [0.15, 0.2) is 0 Å². The molecule has 1 aliphatic heterocycles. The first-order valence-electron chi connectivity index (χ1n) is 7.70. The number of nitrogens with zero attached hydrogens (tertiary/aromatic N) is 1. The van der Waals surface area contributed by atoms with Crippen LogP contribution in [0.3, 0.4) is 0 Å². The van der Waals surface area contributed by atoms with Gasteiger partial charge in [-0.2, -0.15) is 0 Å². The first kappa shape index (κ1) is 14.6. The van der Waals surface area contributed by atoms with E-state index in [2.05, 4.69) is 24.0 Å². The molecule has 3 atom stereocenters. The van der Waals surface area contributed by atoms with Gasteiger partial charge in [0, 0.05) is 31.6 Å². The van der Waals surface area contributed by atoms with Crippen LogP contribution in [-0.4, -0.2) is 37.2 Å². The number of nitrogens with two attached hydrogens (primary N) is 1. The standard InChI is InChI=1S/C17H24N2O2/c1-12(17-9-13-5-3-4-6-16(13)21-17)19-8-7-15(20-2)10-14(19)11-18/h3-6,9,12,14-15H,7-8,10-11,18H2,1-2H3. The van der Waals surface area contributed by atoms with Crippen LogP contribution in [0.15, 0.2) is 34.7 Å². The third kappa shape index (κ3) is 2.84. The van der Waals surface area contributed by atoms with Crippen LogP contribution < -0.4 is 5.73 Å². The molecule has 1 aromatic carbocycles. The minimum absolute atomic E-state index is 0.240. The maximum absolute atomic E-state index is 6.02. The molecule has 3 rings (SSSR count). The zero-order valence-corrected chi connectivity index (χ0v) is 12.8. The van der Waals surface area contributed by atoms with Gasteiger partial charge in [0.05, 0.1) is 12.1 Å². The Bertz CT molecular complexity index is 562. The van der Waals surface area contributed by atoms with Gasteiger partial charge in [-0.1, -0.05) is 18.2 Å². The third-order valence-electron chi connectivity index (χ3n) is 4.67. The molecule has 1 aliphatic rings. The van der Waals surface area contributed by atoms with Crippen LogP contribution in [0.25, 0.3) is 11.0 Å². The molecule has 0 bridgehead atoms. The Labute approximate surface area is 125 Å². The van der Waals surface area contributed by atoms with Crippen molar-refractivity contribution < 1.29 is 9.15 Å². The van der Waals surface area contributed by atoms with E-state index in [0.717, 1.165) is 36.1 Å². The maximum Gasteiger partial charge on any atom is 0.134 e. The largest absolute Gasteiger partial charge is 0.459 e. The summed E-state index contributed by atoms with van der Waals surface area (Å²) in [4.78, 5) is 2.45. The second-order valence-electron chi connectivity index (χ2n) is 5.87. The lowest BCUT2D eigenvalue weighted by Gasteiger charge is -2.41. The average molecular weight is 288 g/mol. The van der Waals surface area contributed by atoms with E-state index in [4.69, 9.17) is 14.9 Å². The molecule has 21 heavy (non-hydrogen) atoms. The molecule has 2 N–H and O–H groups in total. The lowest BCUT2D eigenvalue weighted by Crippen LogP contribution is -2.49. The second-order valence-corrected chi connectivity index (χ2v) is 5.87. The Morgan fingerprint density at radius 1 is 1.43 bits per heavy atom. The molecule has 2 aromatic rings. The van der Waals surface area contributed by atoms with E-state index in [1.807, 2.05) is 18.2 Å². The highest BCUT2D eigenvalue weighted by Gasteiger charge is 2.32. The Hall–Kier alpha value is -1.36. The van der Waals surface area contributed by atoms with Gasteiger partial charge in [0.2, 0.25) is 0 Å². The molecule has 0 spiro atoms. The molecule has 1 aromatic heterocycles. The highest BCUT2D eigenvalue weighted by molar-refractivity contribution is 5.77.